The van der Waals surface area contributed by atoms with Crippen LogP contribution in [0.5, 0.6) is 0 Å². The quantitative estimate of drug-likeness (QED) is 0.576. The summed E-state index contributed by atoms with van der Waals surface area (Å²) in [5.74, 6) is 0. The van der Waals surface area contributed by atoms with Crippen molar-refractivity contribution in [1.29, 1.82) is 0 Å². The van der Waals surface area contributed by atoms with E-state index in [0.717, 1.165) is 6.67 Å². The van der Waals surface area contributed by atoms with E-state index in [-0.39, 0.29) is 8.07 Å². The minimum absolute atomic E-state index is 0.0965. The maximum atomic E-state index is 2.35. The molecule has 0 saturated heterocycles. The molecular weight excluding hydrogens is 155 g/mol. The predicted octanol–water partition coefficient (Wildman–Crippen LogP) is 1.85. The number of hydrogen-bond donors (Lipinski definition) is 0. The molecule has 3 heteroatoms. The van der Waals surface area contributed by atoms with Crippen molar-refractivity contribution in [3.63, 3.8) is 0 Å². The number of nitrogens with zero attached hydrogens (tertiary/aromatic N) is 2. The second-order valence-electron chi connectivity index (χ2n) is 3.35. The molecule has 1 unspecified atom stereocenters. The summed E-state index contributed by atoms with van der Waals surface area (Å²) in [5.41, 5.74) is 0. The van der Waals surface area contributed by atoms with Crippen LogP contribution in [0.3, 0.4) is 0 Å². The molecule has 0 bridgehead atoms. The van der Waals surface area contributed by atoms with Crippen LogP contribution >= 0.6 is 8.07 Å². The Morgan fingerprint density at radius 2 is 2.18 bits per heavy atom. The molecule has 1 atom stereocenters. The normalized spacial score (nSPS) is 30.5. The molecule has 2 nitrogen and oxygen atoms in total. The van der Waals surface area contributed by atoms with E-state index in [0.29, 0.717) is 0 Å². The summed E-state index contributed by atoms with van der Waals surface area (Å²) in [7, 11) is 2.24. The van der Waals surface area contributed by atoms with E-state index >= 15 is 0 Å². The molecule has 0 radical (unpaired) electrons. The monoisotopic (exact) mass is 173 g/mol. The highest BCUT2D eigenvalue weighted by molar-refractivity contribution is 7.50. The molecule has 1 aliphatic heterocycles. The van der Waals surface area contributed by atoms with Gasteiger partial charge in [0.15, 0.2) is 6.67 Å². The molecule has 1 heterocycles. The second kappa shape index (κ2) is 3.12. The van der Waals surface area contributed by atoms with E-state index in [2.05, 4.69) is 44.6 Å². The zero-order valence-corrected chi connectivity index (χ0v) is 8.80. The topological polar surface area (TPSA) is 3.24 Å². The molecule has 0 amide bonds. The lowest BCUT2D eigenvalue weighted by molar-refractivity contribution is -0.752. The third-order valence-electron chi connectivity index (χ3n) is 2.41. The SMILES string of the molecule is CC[N+]1(P(C)C)C=CN(C)C1. The van der Waals surface area contributed by atoms with Crippen LogP contribution in [0.15, 0.2) is 12.4 Å². The first kappa shape index (κ1) is 9.02. The van der Waals surface area contributed by atoms with Crippen LogP contribution < -0.4 is 0 Å². The zero-order valence-electron chi connectivity index (χ0n) is 7.91. The molecule has 0 aromatic rings. The Hall–Kier alpha value is -0.0700. The molecule has 1 rings (SSSR count). The molecule has 64 valence electrons. The van der Waals surface area contributed by atoms with Crippen molar-refractivity contribution in [3.05, 3.63) is 12.4 Å². The van der Waals surface area contributed by atoms with Gasteiger partial charge in [0.1, 0.15) is 14.3 Å². The van der Waals surface area contributed by atoms with Gasteiger partial charge in [0.05, 0.1) is 12.7 Å². The van der Waals surface area contributed by atoms with E-state index in [1.807, 2.05) is 0 Å². The third-order valence-corrected chi connectivity index (χ3v) is 4.55. The Morgan fingerprint density at radius 1 is 1.55 bits per heavy atom. The fourth-order valence-electron chi connectivity index (χ4n) is 1.47. The first-order valence-electron chi connectivity index (χ1n) is 4.05. The lowest BCUT2D eigenvalue weighted by Crippen LogP contribution is -2.38. The van der Waals surface area contributed by atoms with Crippen molar-refractivity contribution < 1.29 is 4.25 Å². The Morgan fingerprint density at radius 3 is 2.36 bits per heavy atom. The van der Waals surface area contributed by atoms with Crippen molar-refractivity contribution in [1.82, 2.24) is 4.90 Å². The average molecular weight is 173 g/mol. The van der Waals surface area contributed by atoms with E-state index in [1.54, 1.807) is 0 Å². The minimum Gasteiger partial charge on any atom is -0.329 e. The molecule has 0 aromatic carbocycles. The summed E-state index contributed by atoms with van der Waals surface area (Å²) in [6, 6.07) is 0. The highest BCUT2D eigenvalue weighted by Crippen LogP contribution is 2.43. The molecule has 0 saturated carbocycles. The number of hydrogen-bond acceptors (Lipinski definition) is 1. The molecule has 0 N–H and O–H groups in total. The van der Waals surface area contributed by atoms with Crippen LogP contribution in [0.4, 0.5) is 0 Å². The summed E-state index contributed by atoms with van der Waals surface area (Å²) in [6.07, 6.45) is 4.54. The Kier molecular flexibility index (Phi) is 2.56. The smallest absolute Gasteiger partial charge is 0.159 e. The largest absolute Gasteiger partial charge is 0.329 e. The van der Waals surface area contributed by atoms with Gasteiger partial charge in [-0.05, 0) is 6.92 Å². The third kappa shape index (κ3) is 1.57. The first-order chi connectivity index (χ1) is 5.10. The van der Waals surface area contributed by atoms with E-state index in [9.17, 15) is 0 Å². The van der Waals surface area contributed by atoms with Crippen molar-refractivity contribution in [2.24, 2.45) is 0 Å². The standard InChI is InChI=1S/C8H18N2P/c1-5-10(11(3)4)7-6-9(2)8-10/h6-7H,5,8H2,1-4H3/q+1. The summed E-state index contributed by atoms with van der Waals surface area (Å²) >= 11 is 0. The molecule has 0 aliphatic carbocycles. The van der Waals surface area contributed by atoms with Crippen molar-refractivity contribution >= 4 is 8.07 Å². The van der Waals surface area contributed by atoms with Gasteiger partial charge in [0.25, 0.3) is 0 Å². The minimum atomic E-state index is 0.0965. The predicted molar refractivity (Wildman–Crippen MR) is 51.3 cm³/mol. The van der Waals surface area contributed by atoms with Crippen LogP contribution in [0, 0.1) is 0 Å². The molecular formula is C8H18N2P+. The summed E-state index contributed by atoms with van der Waals surface area (Å²) in [5, 5.41) is 0. The molecule has 11 heavy (non-hydrogen) atoms. The maximum Gasteiger partial charge on any atom is 0.159 e. The van der Waals surface area contributed by atoms with Gasteiger partial charge in [-0.25, -0.2) is 0 Å². The van der Waals surface area contributed by atoms with Gasteiger partial charge in [0, 0.05) is 20.4 Å². The van der Waals surface area contributed by atoms with Crippen molar-refractivity contribution in [2.45, 2.75) is 6.92 Å². The van der Waals surface area contributed by atoms with Gasteiger partial charge in [-0.2, -0.15) is 0 Å². The van der Waals surface area contributed by atoms with Crippen LogP contribution in [0.2, 0.25) is 0 Å². The maximum absolute atomic E-state index is 2.35. The Bertz CT molecular complexity index is 167. The molecule has 0 fully saturated rings. The van der Waals surface area contributed by atoms with E-state index in [1.165, 1.54) is 10.8 Å². The summed E-state index contributed by atoms with van der Waals surface area (Å²) in [4.78, 5) is 2.27. The average Bonchev–Trinajstić information content (AvgIpc) is 2.33. The summed E-state index contributed by atoms with van der Waals surface area (Å²) < 4.78 is 1.17. The second-order valence-corrected chi connectivity index (χ2v) is 5.84. The number of quaternary nitrogens is 1. The molecule has 1 aliphatic rings. The van der Waals surface area contributed by atoms with Crippen LogP contribution in [0.25, 0.3) is 0 Å². The van der Waals surface area contributed by atoms with Crippen molar-refractivity contribution in [3.8, 4) is 0 Å². The highest BCUT2D eigenvalue weighted by atomic mass is 31.1. The Balaban J connectivity index is 2.72. The van der Waals surface area contributed by atoms with E-state index < -0.39 is 0 Å². The first-order valence-corrected chi connectivity index (χ1v) is 6.24. The zero-order chi connectivity index (χ0) is 8.48. The Labute approximate surface area is 70.9 Å². The fraction of sp³-hybridized carbons (Fsp3) is 0.750. The summed E-state index contributed by atoms with van der Waals surface area (Å²) in [6.45, 7) is 9.35. The highest BCUT2D eigenvalue weighted by Gasteiger charge is 2.32. The van der Waals surface area contributed by atoms with Crippen LogP contribution in [-0.4, -0.2) is 42.7 Å². The lowest BCUT2D eigenvalue weighted by atomic mass is 10.6. The fourth-order valence-corrected chi connectivity index (χ4v) is 2.81. The van der Waals surface area contributed by atoms with Crippen molar-refractivity contribution in [2.75, 3.05) is 33.6 Å². The van der Waals surface area contributed by atoms with Gasteiger partial charge < -0.3 is 4.90 Å². The van der Waals surface area contributed by atoms with Crippen LogP contribution in [-0.2, 0) is 0 Å². The van der Waals surface area contributed by atoms with E-state index in [4.69, 9.17) is 0 Å². The van der Waals surface area contributed by atoms with Gasteiger partial charge in [0.2, 0.25) is 0 Å². The lowest BCUT2D eigenvalue weighted by Gasteiger charge is -2.34. The van der Waals surface area contributed by atoms with Crippen LogP contribution in [0.1, 0.15) is 6.92 Å². The van der Waals surface area contributed by atoms with Gasteiger partial charge in [-0.15, -0.1) is 0 Å². The number of rotatable bonds is 2. The molecule has 0 spiro atoms. The van der Waals surface area contributed by atoms with Gasteiger partial charge >= 0.3 is 0 Å². The molecule has 0 aromatic heterocycles. The van der Waals surface area contributed by atoms with Gasteiger partial charge in [-0.1, -0.05) is 0 Å². The van der Waals surface area contributed by atoms with Gasteiger partial charge in [-0.3, -0.25) is 4.25 Å².